The molecule has 0 unspecified atom stereocenters. The lowest BCUT2D eigenvalue weighted by Gasteiger charge is -2.24. The maximum Gasteiger partial charge on any atom is 0.159 e. The fraction of sp³-hybridized carbons (Fsp3) is 0.286. The Morgan fingerprint density at radius 3 is 2.76 bits per heavy atom. The molecule has 0 N–H and O–H groups in total. The van der Waals surface area contributed by atoms with E-state index in [0.29, 0.717) is 5.92 Å². The second-order valence-electron chi connectivity index (χ2n) is 4.44. The molecule has 1 aromatic heterocycles. The summed E-state index contributed by atoms with van der Waals surface area (Å²) in [6.45, 7) is 0. The maximum atomic E-state index is 4.67. The van der Waals surface area contributed by atoms with Crippen LogP contribution < -0.4 is 0 Å². The third-order valence-corrected chi connectivity index (χ3v) is 3.78. The van der Waals surface area contributed by atoms with Crippen molar-refractivity contribution in [3.63, 3.8) is 0 Å². The Bertz CT molecular complexity index is 535. The molecule has 0 atom stereocenters. The minimum Gasteiger partial charge on any atom is -0.237 e. The van der Waals surface area contributed by atoms with Gasteiger partial charge in [0.2, 0.25) is 0 Å². The molecule has 1 aliphatic rings. The van der Waals surface area contributed by atoms with Gasteiger partial charge in [-0.1, -0.05) is 34.5 Å². The normalized spacial score (nSPS) is 15.6. The molecule has 1 saturated carbocycles. The number of benzene rings is 1. The zero-order valence-corrected chi connectivity index (χ0v) is 11.0. The molecule has 0 saturated heterocycles. The minimum absolute atomic E-state index is 0.656. The molecule has 0 amide bonds. The van der Waals surface area contributed by atoms with Gasteiger partial charge >= 0.3 is 0 Å². The van der Waals surface area contributed by atoms with E-state index in [1.807, 2.05) is 30.5 Å². The summed E-state index contributed by atoms with van der Waals surface area (Å²) in [5.74, 6) is 1.49. The predicted octanol–water partition coefficient (Wildman–Crippen LogP) is 4.17. The first kappa shape index (κ1) is 10.9. The third kappa shape index (κ3) is 2.25. The fourth-order valence-electron chi connectivity index (χ4n) is 2.07. The molecule has 17 heavy (non-hydrogen) atoms. The van der Waals surface area contributed by atoms with Crippen molar-refractivity contribution >= 4 is 15.9 Å². The van der Waals surface area contributed by atoms with Crippen LogP contribution in [0.3, 0.4) is 0 Å². The molecule has 0 spiro atoms. The first-order valence-electron chi connectivity index (χ1n) is 5.92. The van der Waals surface area contributed by atoms with Crippen LogP contribution in [0.5, 0.6) is 0 Å². The van der Waals surface area contributed by atoms with E-state index >= 15 is 0 Å². The lowest BCUT2D eigenvalue weighted by Crippen LogP contribution is -2.11. The highest BCUT2D eigenvalue weighted by Gasteiger charge is 2.21. The highest BCUT2D eigenvalue weighted by Crippen LogP contribution is 2.35. The van der Waals surface area contributed by atoms with Gasteiger partial charge in [0.1, 0.15) is 0 Å². The molecular formula is C14H13BrN2. The molecule has 1 aliphatic carbocycles. The van der Waals surface area contributed by atoms with Crippen molar-refractivity contribution in [3.05, 3.63) is 46.7 Å². The average molecular weight is 289 g/mol. The van der Waals surface area contributed by atoms with E-state index in [9.17, 15) is 0 Å². The zero-order valence-electron chi connectivity index (χ0n) is 9.44. The highest BCUT2D eigenvalue weighted by molar-refractivity contribution is 9.10. The third-order valence-electron chi connectivity index (χ3n) is 3.28. The van der Waals surface area contributed by atoms with E-state index < -0.39 is 0 Å². The molecule has 2 aromatic rings. The molecule has 2 nitrogen and oxygen atoms in total. The van der Waals surface area contributed by atoms with Crippen LogP contribution in [0.15, 0.2) is 41.0 Å². The van der Waals surface area contributed by atoms with E-state index in [1.54, 1.807) is 0 Å². The van der Waals surface area contributed by atoms with Crippen molar-refractivity contribution in [2.75, 3.05) is 0 Å². The molecule has 0 radical (unpaired) electrons. The van der Waals surface area contributed by atoms with Crippen LogP contribution in [-0.4, -0.2) is 9.97 Å². The van der Waals surface area contributed by atoms with Crippen LogP contribution in [-0.2, 0) is 0 Å². The summed E-state index contributed by atoms with van der Waals surface area (Å²) in [6, 6.07) is 10.2. The van der Waals surface area contributed by atoms with Crippen molar-refractivity contribution in [2.24, 2.45) is 0 Å². The number of rotatable bonds is 2. The molecule has 86 valence electrons. The van der Waals surface area contributed by atoms with Crippen molar-refractivity contribution < 1.29 is 0 Å². The van der Waals surface area contributed by atoms with Gasteiger partial charge in [-0.15, -0.1) is 0 Å². The Morgan fingerprint density at radius 2 is 2.06 bits per heavy atom. The summed E-state index contributed by atoms with van der Waals surface area (Å²) in [6.07, 6.45) is 5.75. The van der Waals surface area contributed by atoms with Crippen LogP contribution in [0.1, 0.15) is 30.9 Å². The topological polar surface area (TPSA) is 25.8 Å². The van der Waals surface area contributed by atoms with Gasteiger partial charge in [-0.05, 0) is 31.0 Å². The molecule has 1 heterocycles. The van der Waals surface area contributed by atoms with E-state index in [2.05, 4.69) is 32.0 Å². The van der Waals surface area contributed by atoms with Crippen molar-refractivity contribution in [3.8, 4) is 11.4 Å². The lowest BCUT2D eigenvalue weighted by molar-refractivity contribution is 0.411. The standard InChI is InChI=1S/C14H13BrN2/c15-12-6-2-5-11(9-12)14-16-8-7-13(17-14)10-3-1-4-10/h2,5-10H,1,3-4H2. The molecule has 1 fully saturated rings. The van der Waals surface area contributed by atoms with Crippen molar-refractivity contribution in [1.29, 1.82) is 0 Å². The van der Waals surface area contributed by atoms with Crippen LogP contribution in [0.25, 0.3) is 11.4 Å². The van der Waals surface area contributed by atoms with E-state index in [1.165, 1.54) is 25.0 Å². The number of hydrogen-bond donors (Lipinski definition) is 0. The second kappa shape index (κ2) is 4.57. The smallest absolute Gasteiger partial charge is 0.159 e. The van der Waals surface area contributed by atoms with Crippen LogP contribution in [0.2, 0.25) is 0 Å². The van der Waals surface area contributed by atoms with Crippen LogP contribution in [0.4, 0.5) is 0 Å². The Morgan fingerprint density at radius 1 is 1.18 bits per heavy atom. The van der Waals surface area contributed by atoms with E-state index in [4.69, 9.17) is 0 Å². The Labute approximate surface area is 109 Å². The minimum atomic E-state index is 0.656. The summed E-state index contributed by atoms with van der Waals surface area (Å²) < 4.78 is 1.06. The van der Waals surface area contributed by atoms with E-state index in [-0.39, 0.29) is 0 Å². The largest absolute Gasteiger partial charge is 0.237 e. The molecule has 3 heteroatoms. The lowest BCUT2D eigenvalue weighted by atomic mass is 9.83. The summed E-state index contributed by atoms with van der Waals surface area (Å²) in [5, 5.41) is 0. The Balaban J connectivity index is 1.97. The molecular weight excluding hydrogens is 276 g/mol. The summed E-state index contributed by atoms with van der Waals surface area (Å²) in [5.41, 5.74) is 2.27. The SMILES string of the molecule is Brc1cccc(-c2nccc(C3CCC3)n2)c1. The first-order valence-corrected chi connectivity index (χ1v) is 6.71. The number of hydrogen-bond acceptors (Lipinski definition) is 2. The molecule has 0 bridgehead atoms. The summed E-state index contributed by atoms with van der Waals surface area (Å²) >= 11 is 3.48. The van der Waals surface area contributed by atoms with Gasteiger partial charge in [-0.3, -0.25) is 0 Å². The predicted molar refractivity (Wildman–Crippen MR) is 71.8 cm³/mol. The number of aromatic nitrogens is 2. The van der Waals surface area contributed by atoms with Gasteiger partial charge in [-0.2, -0.15) is 0 Å². The molecule has 3 rings (SSSR count). The Kier molecular flexibility index (Phi) is 2.93. The monoisotopic (exact) mass is 288 g/mol. The zero-order chi connectivity index (χ0) is 11.7. The van der Waals surface area contributed by atoms with Gasteiger partial charge in [0.25, 0.3) is 0 Å². The first-order chi connectivity index (χ1) is 8.33. The van der Waals surface area contributed by atoms with Gasteiger partial charge in [-0.25, -0.2) is 9.97 Å². The highest BCUT2D eigenvalue weighted by atomic mass is 79.9. The van der Waals surface area contributed by atoms with Gasteiger partial charge in [0.15, 0.2) is 5.82 Å². The quantitative estimate of drug-likeness (QED) is 0.829. The Hall–Kier alpha value is -1.22. The molecule has 0 aliphatic heterocycles. The van der Waals surface area contributed by atoms with Gasteiger partial charge in [0, 0.05) is 27.8 Å². The van der Waals surface area contributed by atoms with Crippen LogP contribution >= 0.6 is 15.9 Å². The number of nitrogens with zero attached hydrogens (tertiary/aromatic N) is 2. The van der Waals surface area contributed by atoms with Gasteiger partial charge in [0.05, 0.1) is 0 Å². The number of halogens is 1. The maximum absolute atomic E-state index is 4.67. The fourth-order valence-corrected chi connectivity index (χ4v) is 2.47. The second-order valence-corrected chi connectivity index (χ2v) is 5.36. The van der Waals surface area contributed by atoms with Crippen LogP contribution in [0, 0.1) is 0 Å². The van der Waals surface area contributed by atoms with Crippen molar-refractivity contribution in [1.82, 2.24) is 9.97 Å². The van der Waals surface area contributed by atoms with Crippen molar-refractivity contribution in [2.45, 2.75) is 25.2 Å². The average Bonchev–Trinajstić information content (AvgIpc) is 2.27. The summed E-state index contributed by atoms with van der Waals surface area (Å²) in [7, 11) is 0. The summed E-state index contributed by atoms with van der Waals surface area (Å²) in [4.78, 5) is 9.03. The molecule has 1 aromatic carbocycles. The van der Waals surface area contributed by atoms with E-state index in [0.717, 1.165) is 15.9 Å². The van der Waals surface area contributed by atoms with Gasteiger partial charge < -0.3 is 0 Å².